The van der Waals surface area contributed by atoms with Crippen LogP contribution in [0, 0.1) is 6.92 Å². The summed E-state index contributed by atoms with van der Waals surface area (Å²) in [6.45, 7) is 5.78. The number of carbonyl (C=O) groups is 1. The number of hydrogen-bond donors (Lipinski definition) is 3. The molecule has 0 bridgehead atoms. The lowest BCUT2D eigenvalue weighted by atomic mass is 10.1. The molecule has 3 N–H and O–H groups in total. The lowest BCUT2D eigenvalue weighted by Crippen LogP contribution is -2.31. The zero-order chi connectivity index (χ0) is 15.4. The van der Waals surface area contributed by atoms with Gasteiger partial charge in [0.1, 0.15) is 10.8 Å². The summed E-state index contributed by atoms with van der Waals surface area (Å²) in [6, 6.07) is 6.37. The number of benzene rings is 1. The smallest absolute Gasteiger partial charge is 0.320 e. The number of thiazole rings is 1. The largest absolute Gasteiger partial charge is 0.508 e. The predicted molar refractivity (Wildman–Crippen MR) is 84.9 cm³/mol. The van der Waals surface area contributed by atoms with E-state index >= 15 is 0 Å². The average Bonchev–Trinajstić information content (AvgIpc) is 2.79. The quantitative estimate of drug-likeness (QED) is 0.808. The Hall–Kier alpha value is -2.08. The van der Waals surface area contributed by atoms with Crippen LogP contribution >= 0.6 is 11.3 Å². The summed E-state index contributed by atoms with van der Waals surface area (Å²) in [5, 5.41) is 16.9. The maximum atomic E-state index is 12.0. The Kier molecular flexibility index (Phi) is 4.80. The number of aromatic nitrogens is 1. The van der Waals surface area contributed by atoms with Gasteiger partial charge in [0.25, 0.3) is 0 Å². The summed E-state index contributed by atoms with van der Waals surface area (Å²) in [5.41, 5.74) is 1.68. The van der Waals surface area contributed by atoms with Crippen LogP contribution in [0.4, 0.5) is 9.80 Å². The zero-order valence-corrected chi connectivity index (χ0v) is 13.1. The Morgan fingerprint density at radius 3 is 2.86 bits per heavy atom. The van der Waals surface area contributed by atoms with Gasteiger partial charge in [0, 0.05) is 0 Å². The molecule has 0 aliphatic carbocycles. The maximum absolute atomic E-state index is 12.0. The molecule has 112 valence electrons. The summed E-state index contributed by atoms with van der Waals surface area (Å²) < 4.78 is 0. The van der Waals surface area contributed by atoms with Crippen LogP contribution in [0.5, 0.6) is 5.75 Å². The van der Waals surface area contributed by atoms with Crippen molar-refractivity contribution in [2.45, 2.75) is 33.2 Å². The Balaban J connectivity index is 1.99. The molecule has 21 heavy (non-hydrogen) atoms. The van der Waals surface area contributed by atoms with Crippen molar-refractivity contribution < 1.29 is 9.90 Å². The first kappa shape index (κ1) is 15.3. The van der Waals surface area contributed by atoms with Gasteiger partial charge in [0.05, 0.1) is 16.7 Å². The van der Waals surface area contributed by atoms with E-state index in [9.17, 15) is 9.90 Å². The first-order valence-corrected chi connectivity index (χ1v) is 7.64. The number of anilines is 1. The van der Waals surface area contributed by atoms with Crippen LogP contribution in [-0.4, -0.2) is 16.1 Å². The number of aryl methyl sites for hydroxylation is 2. The van der Waals surface area contributed by atoms with Gasteiger partial charge in [-0.3, -0.25) is 5.32 Å². The van der Waals surface area contributed by atoms with Gasteiger partial charge in [-0.2, -0.15) is 0 Å². The monoisotopic (exact) mass is 305 g/mol. The van der Waals surface area contributed by atoms with Crippen LogP contribution in [0.3, 0.4) is 0 Å². The highest BCUT2D eigenvalue weighted by atomic mass is 32.1. The highest BCUT2D eigenvalue weighted by Crippen LogP contribution is 2.24. The number of aromatic hydroxyl groups is 1. The normalized spacial score (nSPS) is 12.0. The predicted octanol–water partition coefficient (Wildman–Crippen LogP) is 3.60. The Labute approximate surface area is 128 Å². The molecule has 0 spiro atoms. The molecule has 0 saturated carbocycles. The maximum Gasteiger partial charge on any atom is 0.320 e. The molecule has 0 saturated heterocycles. The second-order valence-corrected chi connectivity index (χ2v) is 5.87. The van der Waals surface area contributed by atoms with Gasteiger partial charge in [0.15, 0.2) is 0 Å². The molecule has 5 nitrogen and oxygen atoms in total. The summed E-state index contributed by atoms with van der Waals surface area (Å²) >= 11 is 1.49. The summed E-state index contributed by atoms with van der Waals surface area (Å²) in [4.78, 5) is 16.4. The van der Waals surface area contributed by atoms with E-state index in [1.165, 1.54) is 11.3 Å². The molecule has 0 radical (unpaired) electrons. The SMILES string of the molecule is CCc1nc(C)c(NC(=O)N[C@@H](C)c2cccc(O)c2)s1. The molecule has 0 unspecified atom stereocenters. The Bertz CT molecular complexity index is 640. The molecule has 1 atom stereocenters. The molecular formula is C15H19N3O2S. The number of nitrogens with zero attached hydrogens (tertiary/aromatic N) is 1. The molecule has 1 heterocycles. The number of amides is 2. The van der Waals surface area contributed by atoms with Gasteiger partial charge in [0.2, 0.25) is 0 Å². The molecular weight excluding hydrogens is 286 g/mol. The minimum Gasteiger partial charge on any atom is -0.508 e. The van der Waals surface area contributed by atoms with Crippen molar-refractivity contribution in [1.82, 2.24) is 10.3 Å². The van der Waals surface area contributed by atoms with Crippen molar-refractivity contribution >= 4 is 22.4 Å². The van der Waals surface area contributed by atoms with Crippen molar-refractivity contribution in [2.75, 3.05) is 5.32 Å². The van der Waals surface area contributed by atoms with E-state index in [4.69, 9.17) is 0 Å². The van der Waals surface area contributed by atoms with Crippen molar-refractivity contribution in [1.29, 1.82) is 0 Å². The fourth-order valence-electron chi connectivity index (χ4n) is 1.93. The van der Waals surface area contributed by atoms with Crippen molar-refractivity contribution in [3.8, 4) is 5.75 Å². The van der Waals surface area contributed by atoms with Crippen LogP contribution < -0.4 is 10.6 Å². The third-order valence-electron chi connectivity index (χ3n) is 3.09. The van der Waals surface area contributed by atoms with Crippen molar-refractivity contribution in [3.63, 3.8) is 0 Å². The number of phenolic OH excluding ortho intramolecular Hbond substituents is 1. The van der Waals surface area contributed by atoms with E-state index in [0.717, 1.165) is 27.7 Å². The van der Waals surface area contributed by atoms with Gasteiger partial charge in [-0.15, -0.1) is 11.3 Å². The molecule has 0 aliphatic rings. The molecule has 6 heteroatoms. The van der Waals surface area contributed by atoms with Crippen molar-refractivity contribution in [3.05, 3.63) is 40.5 Å². The number of nitrogens with one attached hydrogen (secondary N) is 2. The second-order valence-electron chi connectivity index (χ2n) is 4.79. The van der Waals surface area contributed by atoms with Crippen LogP contribution in [0.25, 0.3) is 0 Å². The lowest BCUT2D eigenvalue weighted by molar-refractivity contribution is 0.249. The van der Waals surface area contributed by atoms with Crippen LogP contribution in [0.1, 0.15) is 36.2 Å². The summed E-state index contributed by atoms with van der Waals surface area (Å²) in [7, 11) is 0. The Morgan fingerprint density at radius 2 is 2.24 bits per heavy atom. The summed E-state index contributed by atoms with van der Waals surface area (Å²) in [6.07, 6.45) is 0.856. The zero-order valence-electron chi connectivity index (χ0n) is 12.3. The molecule has 1 aromatic heterocycles. The number of urea groups is 1. The first-order valence-electron chi connectivity index (χ1n) is 6.82. The fraction of sp³-hybridized carbons (Fsp3) is 0.333. The molecule has 0 fully saturated rings. The standard InChI is InChI=1S/C15H19N3O2S/c1-4-13-16-10(3)14(21-13)18-15(20)17-9(2)11-6-5-7-12(19)8-11/h5-9,19H,4H2,1-3H3,(H2,17,18,20)/t9-/m0/s1. The Morgan fingerprint density at radius 1 is 1.48 bits per heavy atom. The highest BCUT2D eigenvalue weighted by molar-refractivity contribution is 7.16. The summed E-state index contributed by atoms with van der Waals surface area (Å²) in [5.74, 6) is 0.187. The van der Waals surface area contributed by atoms with Gasteiger partial charge >= 0.3 is 6.03 Å². The van der Waals surface area contributed by atoms with Gasteiger partial charge < -0.3 is 10.4 Å². The minimum absolute atomic E-state index is 0.187. The number of carbonyl (C=O) groups excluding carboxylic acids is 1. The van der Waals surface area contributed by atoms with Gasteiger partial charge in [-0.25, -0.2) is 9.78 Å². The number of rotatable bonds is 4. The second kappa shape index (κ2) is 6.58. The third kappa shape index (κ3) is 3.95. The van der Waals surface area contributed by atoms with Crippen LogP contribution in [0.15, 0.2) is 24.3 Å². The van der Waals surface area contributed by atoms with Gasteiger partial charge in [-0.05, 0) is 38.0 Å². The van der Waals surface area contributed by atoms with E-state index < -0.39 is 0 Å². The van der Waals surface area contributed by atoms with E-state index in [1.807, 2.05) is 26.8 Å². The average molecular weight is 305 g/mol. The first-order chi connectivity index (χ1) is 9.99. The number of hydrogen-bond acceptors (Lipinski definition) is 4. The van der Waals surface area contributed by atoms with Crippen LogP contribution in [0.2, 0.25) is 0 Å². The fourth-order valence-corrected chi connectivity index (χ4v) is 2.83. The molecule has 2 aromatic rings. The topological polar surface area (TPSA) is 74.2 Å². The lowest BCUT2D eigenvalue weighted by Gasteiger charge is -2.14. The van der Waals surface area contributed by atoms with Gasteiger partial charge in [-0.1, -0.05) is 19.1 Å². The molecule has 2 amide bonds. The van der Waals surface area contributed by atoms with E-state index in [1.54, 1.807) is 18.2 Å². The minimum atomic E-state index is -0.278. The van der Waals surface area contributed by atoms with E-state index in [-0.39, 0.29) is 17.8 Å². The van der Waals surface area contributed by atoms with E-state index in [2.05, 4.69) is 15.6 Å². The molecule has 0 aliphatic heterocycles. The van der Waals surface area contributed by atoms with Crippen LogP contribution in [-0.2, 0) is 6.42 Å². The van der Waals surface area contributed by atoms with E-state index in [0.29, 0.717) is 0 Å². The van der Waals surface area contributed by atoms with Crippen molar-refractivity contribution in [2.24, 2.45) is 0 Å². The highest BCUT2D eigenvalue weighted by Gasteiger charge is 2.13. The number of phenols is 1. The molecule has 2 rings (SSSR count). The molecule has 1 aromatic carbocycles. The third-order valence-corrected chi connectivity index (χ3v) is 4.31.